The summed E-state index contributed by atoms with van der Waals surface area (Å²) in [5.74, 6) is 2.57. The molecule has 4 saturated heterocycles. The van der Waals surface area contributed by atoms with Crippen molar-refractivity contribution >= 4 is 11.8 Å². The summed E-state index contributed by atoms with van der Waals surface area (Å²) in [5, 5.41) is 0. The second-order valence-corrected chi connectivity index (χ2v) is 11.1. The maximum absolute atomic E-state index is 13.6. The Kier molecular flexibility index (Phi) is 7.37. The van der Waals surface area contributed by atoms with Crippen LogP contribution in [0.5, 0.6) is 0 Å². The van der Waals surface area contributed by atoms with E-state index in [0.29, 0.717) is 55.4 Å². The van der Waals surface area contributed by atoms with Gasteiger partial charge in [-0.25, -0.2) is 0 Å². The molecule has 0 unspecified atom stereocenters. The van der Waals surface area contributed by atoms with E-state index in [2.05, 4.69) is 9.80 Å². The number of ether oxygens (including phenoxy) is 1. The van der Waals surface area contributed by atoms with Crippen molar-refractivity contribution in [3.8, 4) is 0 Å². The molecule has 1 aliphatic carbocycles. The predicted molar refractivity (Wildman–Crippen MR) is 124 cm³/mol. The van der Waals surface area contributed by atoms with Crippen LogP contribution in [0.1, 0.15) is 77.0 Å². The van der Waals surface area contributed by atoms with Gasteiger partial charge in [0.25, 0.3) is 0 Å². The van der Waals surface area contributed by atoms with E-state index in [0.717, 1.165) is 38.9 Å². The lowest BCUT2D eigenvalue weighted by Gasteiger charge is -2.57. The average molecular weight is 446 g/mol. The van der Waals surface area contributed by atoms with Crippen LogP contribution >= 0.6 is 0 Å². The van der Waals surface area contributed by atoms with E-state index < -0.39 is 0 Å². The van der Waals surface area contributed by atoms with Crippen molar-refractivity contribution in [2.45, 2.75) is 89.1 Å². The van der Waals surface area contributed by atoms with Crippen molar-refractivity contribution in [3.05, 3.63) is 0 Å². The van der Waals surface area contributed by atoms with Crippen molar-refractivity contribution < 1.29 is 14.3 Å². The van der Waals surface area contributed by atoms with E-state index in [1.54, 1.807) is 0 Å². The fourth-order valence-corrected chi connectivity index (χ4v) is 7.66. The lowest BCUT2D eigenvalue weighted by molar-refractivity contribution is -0.147. The molecule has 0 aromatic heterocycles. The van der Waals surface area contributed by atoms with Gasteiger partial charge in [-0.2, -0.15) is 0 Å². The molecule has 4 atom stereocenters. The second kappa shape index (κ2) is 10.4. The van der Waals surface area contributed by atoms with Gasteiger partial charge in [-0.1, -0.05) is 12.8 Å². The number of hydrogen-bond acceptors (Lipinski definition) is 4. The van der Waals surface area contributed by atoms with Gasteiger partial charge in [0.1, 0.15) is 0 Å². The molecule has 0 aromatic carbocycles. The lowest BCUT2D eigenvalue weighted by atomic mass is 9.69. The van der Waals surface area contributed by atoms with Crippen LogP contribution in [0.4, 0.5) is 0 Å². The Bertz CT molecular complexity index is 657. The molecule has 180 valence electrons. The van der Waals surface area contributed by atoms with Crippen LogP contribution < -0.4 is 0 Å². The number of rotatable bonds is 6. The highest BCUT2D eigenvalue weighted by Gasteiger charge is 2.49. The number of amides is 2. The average Bonchev–Trinajstić information content (AvgIpc) is 3.34. The molecule has 5 rings (SSSR count). The zero-order chi connectivity index (χ0) is 21.9. The van der Waals surface area contributed by atoms with Crippen molar-refractivity contribution in [2.24, 2.45) is 17.8 Å². The summed E-state index contributed by atoms with van der Waals surface area (Å²) < 4.78 is 5.40. The minimum absolute atomic E-state index is 0.272. The van der Waals surface area contributed by atoms with E-state index in [1.165, 1.54) is 64.5 Å². The molecule has 4 heterocycles. The van der Waals surface area contributed by atoms with Gasteiger partial charge in [0, 0.05) is 44.6 Å². The summed E-state index contributed by atoms with van der Waals surface area (Å²) in [6.45, 7) is 6.25. The fourth-order valence-electron chi connectivity index (χ4n) is 7.66. The van der Waals surface area contributed by atoms with Crippen LogP contribution in [-0.2, 0) is 14.3 Å². The molecule has 2 amide bonds. The topological polar surface area (TPSA) is 53.1 Å². The van der Waals surface area contributed by atoms with Crippen LogP contribution in [0.15, 0.2) is 0 Å². The summed E-state index contributed by atoms with van der Waals surface area (Å²) in [6, 6.07) is 1.01. The van der Waals surface area contributed by atoms with Gasteiger partial charge in [0.2, 0.25) is 11.8 Å². The Labute approximate surface area is 194 Å². The molecule has 0 aromatic rings. The van der Waals surface area contributed by atoms with Gasteiger partial charge in [0.15, 0.2) is 0 Å². The van der Waals surface area contributed by atoms with E-state index in [1.807, 2.05) is 4.90 Å². The van der Waals surface area contributed by atoms with Crippen LogP contribution in [0, 0.1) is 17.8 Å². The van der Waals surface area contributed by atoms with E-state index in [-0.39, 0.29) is 5.91 Å². The Hall–Kier alpha value is -1.14. The van der Waals surface area contributed by atoms with Crippen LogP contribution in [-0.4, -0.2) is 84.5 Å². The van der Waals surface area contributed by atoms with Gasteiger partial charge in [-0.3, -0.25) is 14.5 Å². The fraction of sp³-hybridized carbons (Fsp3) is 0.923. The highest BCUT2D eigenvalue weighted by Crippen LogP contribution is 2.44. The Morgan fingerprint density at radius 1 is 0.844 bits per heavy atom. The van der Waals surface area contributed by atoms with Crippen molar-refractivity contribution in [2.75, 3.05) is 45.9 Å². The van der Waals surface area contributed by atoms with Gasteiger partial charge in [0.05, 0.1) is 13.2 Å². The number of piperidine rings is 3. The molecule has 5 aliphatic rings. The van der Waals surface area contributed by atoms with Gasteiger partial charge in [-0.15, -0.1) is 0 Å². The highest BCUT2D eigenvalue weighted by atomic mass is 16.5. The molecule has 6 heteroatoms. The number of carbonyl (C=O) groups excluding carboxylic acids is 2. The summed E-state index contributed by atoms with van der Waals surface area (Å²) in [7, 11) is 0. The Morgan fingerprint density at radius 3 is 2.38 bits per heavy atom. The first-order valence-corrected chi connectivity index (χ1v) is 13.6. The molecule has 0 spiro atoms. The standard InChI is InChI=1S/C26H43N3O3/c30-24(27-14-16-32-17-15-27)11-3-10-23-22-9-5-13-28-12-4-8-21(26(22)28)19-29(23)25(31)18-20-6-1-2-7-20/h20-23,26H,1-19H2/t21-,22+,23+,26-/m0/s1. The molecule has 4 aliphatic heterocycles. The van der Waals surface area contributed by atoms with E-state index >= 15 is 0 Å². The third kappa shape index (κ3) is 4.86. The minimum atomic E-state index is 0.272. The number of hydrogen-bond donors (Lipinski definition) is 0. The summed E-state index contributed by atoms with van der Waals surface area (Å²) in [4.78, 5) is 33.3. The largest absolute Gasteiger partial charge is 0.378 e. The van der Waals surface area contributed by atoms with Crippen LogP contribution in [0.25, 0.3) is 0 Å². The summed E-state index contributed by atoms with van der Waals surface area (Å²) >= 11 is 0. The van der Waals surface area contributed by atoms with Gasteiger partial charge < -0.3 is 14.5 Å². The third-order valence-electron chi connectivity index (χ3n) is 9.18. The van der Waals surface area contributed by atoms with Crippen LogP contribution in [0.3, 0.4) is 0 Å². The first-order valence-electron chi connectivity index (χ1n) is 13.6. The van der Waals surface area contributed by atoms with Gasteiger partial charge >= 0.3 is 0 Å². The zero-order valence-electron chi connectivity index (χ0n) is 19.9. The van der Waals surface area contributed by atoms with E-state index in [9.17, 15) is 9.59 Å². The van der Waals surface area contributed by atoms with Gasteiger partial charge in [-0.05, 0) is 82.2 Å². The molecule has 0 N–H and O–H groups in total. The number of carbonyl (C=O) groups is 2. The quantitative estimate of drug-likeness (QED) is 0.630. The maximum Gasteiger partial charge on any atom is 0.223 e. The zero-order valence-corrected chi connectivity index (χ0v) is 19.9. The SMILES string of the molecule is O=C(CCC[C@@H]1[C@H]2CCCN3CCC[C@@H](CN1C(=O)CC1CCCC1)[C@@H]23)N1CCOCC1. The van der Waals surface area contributed by atoms with Crippen molar-refractivity contribution in [1.82, 2.24) is 14.7 Å². The highest BCUT2D eigenvalue weighted by molar-refractivity contribution is 5.77. The smallest absolute Gasteiger partial charge is 0.223 e. The van der Waals surface area contributed by atoms with E-state index in [4.69, 9.17) is 4.74 Å². The second-order valence-electron chi connectivity index (χ2n) is 11.1. The Balaban J connectivity index is 1.26. The molecule has 32 heavy (non-hydrogen) atoms. The van der Waals surface area contributed by atoms with Crippen molar-refractivity contribution in [1.29, 1.82) is 0 Å². The summed E-state index contributed by atoms with van der Waals surface area (Å²) in [6.07, 6.45) is 13.4. The first-order chi connectivity index (χ1) is 15.7. The van der Waals surface area contributed by atoms with Crippen LogP contribution in [0.2, 0.25) is 0 Å². The molecule has 6 nitrogen and oxygen atoms in total. The number of likely N-dealkylation sites (tertiary alicyclic amines) is 1. The first kappa shape index (κ1) is 22.6. The molecule has 1 saturated carbocycles. The molecule has 0 bridgehead atoms. The summed E-state index contributed by atoms with van der Waals surface area (Å²) in [5.41, 5.74) is 0. The molecular formula is C26H43N3O3. The molecule has 0 radical (unpaired) electrons. The predicted octanol–water partition coefficient (Wildman–Crippen LogP) is 3.30. The molecule has 5 fully saturated rings. The maximum atomic E-state index is 13.6. The Morgan fingerprint density at radius 2 is 1.59 bits per heavy atom. The lowest BCUT2D eigenvalue weighted by Crippen LogP contribution is -2.65. The minimum Gasteiger partial charge on any atom is -0.378 e. The van der Waals surface area contributed by atoms with Crippen molar-refractivity contribution in [3.63, 3.8) is 0 Å². The number of nitrogens with zero attached hydrogens (tertiary/aromatic N) is 3. The third-order valence-corrected chi connectivity index (χ3v) is 9.18. The monoisotopic (exact) mass is 445 g/mol. The normalized spacial score (nSPS) is 33.9. The molecular weight excluding hydrogens is 402 g/mol. The number of morpholine rings is 1.